The van der Waals surface area contributed by atoms with Gasteiger partial charge in [0.25, 0.3) is 0 Å². The summed E-state index contributed by atoms with van der Waals surface area (Å²) in [7, 11) is -6.16. The molecule has 1 amide bonds. The lowest BCUT2D eigenvalue weighted by atomic mass is 9.97. The number of benzene rings is 2. The zero-order chi connectivity index (χ0) is 26.6. The Hall–Kier alpha value is -2.54. The molecule has 2 aliphatic heterocycles. The number of halogens is 1. The van der Waals surface area contributed by atoms with Crippen LogP contribution in [0.4, 0.5) is 4.39 Å². The third kappa shape index (κ3) is 6.14. The van der Waals surface area contributed by atoms with Crippen LogP contribution in [0.5, 0.6) is 5.75 Å². The van der Waals surface area contributed by atoms with Crippen molar-refractivity contribution in [1.82, 2.24) is 13.9 Å². The normalized spacial score (nSPS) is 18.4. The zero-order valence-corrected chi connectivity index (χ0v) is 22.4. The van der Waals surface area contributed by atoms with E-state index in [0.29, 0.717) is 25.9 Å². The fourth-order valence-corrected chi connectivity index (χ4v) is 7.87. The Bertz CT molecular complexity index is 1320. The highest BCUT2D eigenvalue weighted by atomic mass is 32.2. The van der Waals surface area contributed by atoms with Gasteiger partial charge in [-0.15, -0.1) is 0 Å². The predicted molar refractivity (Wildman–Crippen MR) is 135 cm³/mol. The number of piperidine rings is 2. The maximum absolute atomic E-state index is 13.7. The van der Waals surface area contributed by atoms with Gasteiger partial charge in [0, 0.05) is 38.6 Å². The van der Waals surface area contributed by atoms with Crippen LogP contribution >= 0.6 is 0 Å². The Balaban J connectivity index is 1.31. The first kappa shape index (κ1) is 27.5. The van der Waals surface area contributed by atoms with Crippen molar-refractivity contribution in [2.24, 2.45) is 5.92 Å². The smallest absolute Gasteiger partial charge is 0.246 e. The lowest BCUT2D eigenvalue weighted by Gasteiger charge is -2.31. The number of hydrogen-bond acceptors (Lipinski definition) is 6. The number of methoxy groups -OCH3 is 1. The summed E-state index contributed by atoms with van der Waals surface area (Å²) >= 11 is 0. The Morgan fingerprint density at radius 2 is 1.54 bits per heavy atom. The molecule has 0 bridgehead atoms. The molecule has 0 spiro atoms. The van der Waals surface area contributed by atoms with Crippen molar-refractivity contribution in [3.8, 4) is 5.75 Å². The topological polar surface area (TPSA) is 113 Å². The number of amides is 1. The van der Waals surface area contributed by atoms with Gasteiger partial charge in [-0.3, -0.25) is 4.79 Å². The number of nitrogens with zero attached hydrogens (tertiary/aromatic N) is 2. The Morgan fingerprint density at radius 3 is 2.16 bits per heavy atom. The van der Waals surface area contributed by atoms with Crippen molar-refractivity contribution in [2.45, 2.75) is 48.4 Å². The van der Waals surface area contributed by atoms with Crippen molar-refractivity contribution >= 4 is 26.0 Å². The van der Waals surface area contributed by atoms with Crippen molar-refractivity contribution < 1.29 is 30.8 Å². The average molecular weight is 554 g/mol. The molecule has 2 aromatic rings. The van der Waals surface area contributed by atoms with Crippen LogP contribution in [0.25, 0.3) is 0 Å². The summed E-state index contributed by atoms with van der Waals surface area (Å²) in [5, 5.41) is 2.86. The number of ether oxygens (including phenoxy) is 1. The summed E-state index contributed by atoms with van der Waals surface area (Å²) in [6, 6.07) is 9.87. The third-order valence-corrected chi connectivity index (χ3v) is 10.7. The quantitative estimate of drug-likeness (QED) is 0.538. The first-order valence-corrected chi connectivity index (χ1v) is 15.2. The summed E-state index contributed by atoms with van der Waals surface area (Å²) < 4.78 is 73.2. The van der Waals surface area contributed by atoms with E-state index < -0.39 is 25.9 Å². The molecule has 202 valence electrons. The molecule has 1 N–H and O–H groups in total. The molecule has 12 heteroatoms. The van der Waals surface area contributed by atoms with E-state index in [1.54, 1.807) is 24.3 Å². The standard InChI is InChI=1S/C25H32FN3O6S2/c1-35-23-10-7-21(26)17-24(23)37(33,34)29-15-11-20(12-16-29)25(30)27-18-19-5-8-22(9-6-19)36(31,32)28-13-3-2-4-14-28/h5-10,17,20H,2-4,11-16,18H2,1H3,(H,27,30). The molecule has 2 aliphatic rings. The van der Waals surface area contributed by atoms with E-state index >= 15 is 0 Å². The zero-order valence-electron chi connectivity index (χ0n) is 20.7. The maximum atomic E-state index is 13.7. The third-order valence-electron chi connectivity index (χ3n) is 6.91. The van der Waals surface area contributed by atoms with E-state index in [9.17, 15) is 26.0 Å². The average Bonchev–Trinajstić information content (AvgIpc) is 2.92. The molecule has 2 fully saturated rings. The molecule has 2 aromatic carbocycles. The van der Waals surface area contributed by atoms with Crippen LogP contribution in [0.15, 0.2) is 52.3 Å². The Morgan fingerprint density at radius 1 is 0.919 bits per heavy atom. The van der Waals surface area contributed by atoms with Gasteiger partial charge in [0.1, 0.15) is 16.5 Å². The van der Waals surface area contributed by atoms with E-state index in [2.05, 4.69) is 5.32 Å². The van der Waals surface area contributed by atoms with Gasteiger partial charge in [-0.1, -0.05) is 18.6 Å². The highest BCUT2D eigenvalue weighted by Gasteiger charge is 2.34. The minimum absolute atomic E-state index is 0.0658. The fraction of sp³-hybridized carbons (Fsp3) is 0.480. The van der Waals surface area contributed by atoms with Crippen LogP contribution in [0.1, 0.15) is 37.7 Å². The summed E-state index contributed by atoms with van der Waals surface area (Å²) in [5.74, 6) is -1.16. The van der Waals surface area contributed by atoms with Gasteiger partial charge in [0.15, 0.2) is 0 Å². The number of nitrogens with one attached hydrogen (secondary N) is 1. The van der Waals surface area contributed by atoms with Crippen LogP contribution in [0, 0.1) is 11.7 Å². The second-order valence-corrected chi connectivity index (χ2v) is 13.1. The first-order chi connectivity index (χ1) is 17.6. The Kier molecular flexibility index (Phi) is 8.52. The van der Waals surface area contributed by atoms with Gasteiger partial charge in [0.2, 0.25) is 26.0 Å². The monoisotopic (exact) mass is 553 g/mol. The predicted octanol–water partition coefficient (Wildman–Crippen LogP) is 2.73. The van der Waals surface area contributed by atoms with Crippen LogP contribution in [-0.4, -0.2) is 64.6 Å². The van der Waals surface area contributed by atoms with Gasteiger partial charge in [-0.25, -0.2) is 21.2 Å². The summed E-state index contributed by atoms with van der Waals surface area (Å²) in [5.41, 5.74) is 0.768. The van der Waals surface area contributed by atoms with Gasteiger partial charge >= 0.3 is 0 Å². The van der Waals surface area contributed by atoms with Crippen molar-refractivity contribution in [2.75, 3.05) is 33.3 Å². The number of rotatable bonds is 8. The van der Waals surface area contributed by atoms with E-state index in [0.717, 1.165) is 37.0 Å². The summed E-state index contributed by atoms with van der Waals surface area (Å²) in [6.07, 6.45) is 3.44. The molecule has 0 radical (unpaired) electrons. The van der Waals surface area contributed by atoms with Crippen LogP contribution in [0.2, 0.25) is 0 Å². The Labute approximate surface area is 217 Å². The molecule has 9 nitrogen and oxygen atoms in total. The number of sulfonamides is 2. The lowest BCUT2D eigenvalue weighted by Crippen LogP contribution is -2.43. The molecule has 2 saturated heterocycles. The van der Waals surface area contributed by atoms with Crippen LogP contribution in [0.3, 0.4) is 0 Å². The largest absolute Gasteiger partial charge is 0.495 e. The van der Waals surface area contributed by atoms with Crippen LogP contribution < -0.4 is 10.1 Å². The van der Waals surface area contributed by atoms with E-state index in [1.165, 1.54) is 21.8 Å². The van der Waals surface area contributed by atoms with E-state index in [-0.39, 0.29) is 47.0 Å². The molecule has 37 heavy (non-hydrogen) atoms. The minimum atomic E-state index is -3.97. The molecule has 0 unspecified atom stereocenters. The van der Waals surface area contributed by atoms with E-state index in [4.69, 9.17) is 4.74 Å². The van der Waals surface area contributed by atoms with Gasteiger partial charge < -0.3 is 10.1 Å². The van der Waals surface area contributed by atoms with E-state index in [1.807, 2.05) is 0 Å². The first-order valence-electron chi connectivity index (χ1n) is 12.3. The van der Waals surface area contributed by atoms with Crippen molar-refractivity contribution in [3.05, 3.63) is 53.8 Å². The number of carbonyl (C=O) groups is 1. The molecular formula is C25H32FN3O6S2. The number of carbonyl (C=O) groups excluding carboxylic acids is 1. The van der Waals surface area contributed by atoms with Gasteiger partial charge in [-0.05, 0) is 61.6 Å². The molecule has 0 atom stereocenters. The SMILES string of the molecule is COc1ccc(F)cc1S(=O)(=O)N1CCC(C(=O)NCc2ccc(S(=O)(=O)N3CCCCC3)cc2)CC1. The second kappa shape index (κ2) is 11.5. The highest BCUT2D eigenvalue weighted by Crippen LogP contribution is 2.30. The lowest BCUT2D eigenvalue weighted by molar-refractivity contribution is -0.126. The second-order valence-electron chi connectivity index (χ2n) is 9.30. The number of hydrogen-bond donors (Lipinski definition) is 1. The summed E-state index contributed by atoms with van der Waals surface area (Å²) in [4.78, 5) is 12.7. The molecule has 0 aliphatic carbocycles. The molecule has 2 heterocycles. The maximum Gasteiger partial charge on any atom is 0.246 e. The molecular weight excluding hydrogens is 521 g/mol. The van der Waals surface area contributed by atoms with Gasteiger partial charge in [-0.2, -0.15) is 8.61 Å². The fourth-order valence-electron chi connectivity index (χ4n) is 4.72. The highest BCUT2D eigenvalue weighted by molar-refractivity contribution is 7.89. The van der Waals surface area contributed by atoms with Gasteiger partial charge in [0.05, 0.1) is 12.0 Å². The minimum Gasteiger partial charge on any atom is -0.495 e. The summed E-state index contributed by atoms with van der Waals surface area (Å²) in [6.45, 7) is 1.57. The van der Waals surface area contributed by atoms with Crippen molar-refractivity contribution in [3.63, 3.8) is 0 Å². The molecule has 0 aromatic heterocycles. The molecule has 0 saturated carbocycles. The molecule has 4 rings (SSSR count). The van der Waals surface area contributed by atoms with Crippen molar-refractivity contribution in [1.29, 1.82) is 0 Å². The van der Waals surface area contributed by atoms with Crippen LogP contribution in [-0.2, 0) is 31.4 Å².